The van der Waals surface area contributed by atoms with Gasteiger partial charge in [0.2, 0.25) is 0 Å². The molecule has 1 saturated heterocycles. The summed E-state index contributed by atoms with van der Waals surface area (Å²) in [6, 6.07) is 16.6. The number of fused-ring (bicyclic) bond motifs is 2. The zero-order valence-electron chi connectivity index (χ0n) is 18.8. The van der Waals surface area contributed by atoms with Gasteiger partial charge in [0.05, 0.1) is 17.2 Å². The number of amides is 1. The number of aryl methyl sites for hydroxylation is 1. The standard InChI is InChI=1S/C26H30N4OS/c1-19-28-22(16-32-19)15-30-18-26(11-13-29(2)17-26)23-14-21(8-9-24(23)30)25(31)27-12-10-20-6-4-3-5-7-20/h3-9,14,16H,10-13,15,17-18H2,1-2H3,(H,27,31). The van der Waals surface area contributed by atoms with Gasteiger partial charge in [-0.05, 0) is 62.7 Å². The van der Waals surface area contributed by atoms with E-state index < -0.39 is 0 Å². The first-order valence-corrected chi connectivity index (χ1v) is 12.2. The molecule has 0 bridgehead atoms. The first-order valence-electron chi connectivity index (χ1n) is 11.3. The Morgan fingerprint density at radius 2 is 2.03 bits per heavy atom. The average molecular weight is 447 g/mol. The van der Waals surface area contributed by atoms with E-state index in [9.17, 15) is 4.79 Å². The Kier molecular flexibility index (Phi) is 5.74. The topological polar surface area (TPSA) is 48.5 Å². The fourth-order valence-electron chi connectivity index (χ4n) is 5.23. The third kappa shape index (κ3) is 4.17. The SMILES string of the molecule is Cc1nc(CN2CC3(CCN(C)C3)c3cc(C(=O)NCCc4ccccc4)ccc32)cs1. The van der Waals surface area contributed by atoms with Gasteiger partial charge >= 0.3 is 0 Å². The molecule has 166 valence electrons. The molecule has 1 amide bonds. The lowest BCUT2D eigenvalue weighted by atomic mass is 9.81. The summed E-state index contributed by atoms with van der Waals surface area (Å²) < 4.78 is 0. The van der Waals surface area contributed by atoms with Gasteiger partial charge in [0.25, 0.3) is 5.91 Å². The minimum atomic E-state index is 0.0128. The Bertz CT molecular complexity index is 1110. The zero-order chi connectivity index (χ0) is 22.1. The molecule has 32 heavy (non-hydrogen) atoms. The van der Waals surface area contributed by atoms with E-state index in [-0.39, 0.29) is 11.3 Å². The third-order valence-corrected chi connectivity index (χ3v) is 7.59. The second kappa shape index (κ2) is 8.68. The van der Waals surface area contributed by atoms with Gasteiger partial charge in [-0.25, -0.2) is 4.98 Å². The first-order chi connectivity index (χ1) is 15.5. The lowest BCUT2D eigenvalue weighted by Gasteiger charge is -2.25. The van der Waals surface area contributed by atoms with Gasteiger partial charge in [-0.2, -0.15) is 0 Å². The lowest BCUT2D eigenvalue weighted by molar-refractivity contribution is 0.0954. The second-order valence-electron chi connectivity index (χ2n) is 9.21. The van der Waals surface area contributed by atoms with E-state index >= 15 is 0 Å². The highest BCUT2D eigenvalue weighted by Crippen LogP contribution is 2.47. The number of nitrogens with one attached hydrogen (secondary N) is 1. The van der Waals surface area contributed by atoms with E-state index in [0.29, 0.717) is 6.54 Å². The summed E-state index contributed by atoms with van der Waals surface area (Å²) in [6.07, 6.45) is 1.97. The quantitative estimate of drug-likeness (QED) is 0.621. The molecule has 0 saturated carbocycles. The van der Waals surface area contributed by atoms with Crippen LogP contribution < -0.4 is 10.2 Å². The molecule has 0 aliphatic carbocycles. The van der Waals surface area contributed by atoms with Crippen LogP contribution in [0.3, 0.4) is 0 Å². The summed E-state index contributed by atoms with van der Waals surface area (Å²) in [5, 5.41) is 6.38. The van der Waals surface area contributed by atoms with Gasteiger partial charge in [0.1, 0.15) is 0 Å². The normalized spacial score (nSPS) is 20.1. The molecule has 3 heterocycles. The summed E-state index contributed by atoms with van der Waals surface area (Å²) in [5.74, 6) is 0.0128. The van der Waals surface area contributed by atoms with E-state index in [2.05, 4.69) is 63.7 Å². The highest BCUT2D eigenvalue weighted by Gasteiger charge is 2.46. The van der Waals surface area contributed by atoms with Crippen molar-refractivity contribution in [2.24, 2.45) is 0 Å². The van der Waals surface area contributed by atoms with Crippen molar-refractivity contribution in [3.63, 3.8) is 0 Å². The molecular formula is C26H30N4OS. The average Bonchev–Trinajstić information content (AvgIpc) is 3.47. The summed E-state index contributed by atoms with van der Waals surface area (Å²) in [6.45, 7) is 6.64. The van der Waals surface area contributed by atoms with Crippen LogP contribution in [0, 0.1) is 6.92 Å². The molecule has 2 aliphatic heterocycles. The largest absolute Gasteiger partial charge is 0.364 e. The van der Waals surface area contributed by atoms with Crippen LogP contribution in [0.25, 0.3) is 0 Å². The highest BCUT2D eigenvalue weighted by atomic mass is 32.1. The molecule has 5 nitrogen and oxygen atoms in total. The fourth-order valence-corrected chi connectivity index (χ4v) is 5.83. The molecule has 5 rings (SSSR count). The van der Waals surface area contributed by atoms with Crippen LogP contribution in [0.5, 0.6) is 0 Å². The predicted molar refractivity (Wildman–Crippen MR) is 131 cm³/mol. The molecule has 1 unspecified atom stereocenters. The minimum Gasteiger partial charge on any atom is -0.364 e. The van der Waals surface area contributed by atoms with Gasteiger partial charge < -0.3 is 15.1 Å². The summed E-state index contributed by atoms with van der Waals surface area (Å²) in [4.78, 5) is 22.5. The molecule has 1 aromatic heterocycles. The number of rotatable bonds is 6. The summed E-state index contributed by atoms with van der Waals surface area (Å²) >= 11 is 1.71. The lowest BCUT2D eigenvalue weighted by Crippen LogP contribution is -2.35. The van der Waals surface area contributed by atoms with Crippen molar-refractivity contribution < 1.29 is 4.79 Å². The van der Waals surface area contributed by atoms with Crippen LogP contribution in [0.4, 0.5) is 5.69 Å². The Hall–Kier alpha value is -2.70. The molecule has 0 radical (unpaired) electrons. The highest BCUT2D eigenvalue weighted by molar-refractivity contribution is 7.09. The number of aromatic nitrogens is 1. The minimum absolute atomic E-state index is 0.0128. The number of nitrogens with zero attached hydrogens (tertiary/aromatic N) is 3. The number of anilines is 1. The number of thiazole rings is 1. The smallest absolute Gasteiger partial charge is 0.251 e. The van der Waals surface area contributed by atoms with Crippen molar-refractivity contribution in [3.05, 3.63) is 81.3 Å². The second-order valence-corrected chi connectivity index (χ2v) is 10.3. The summed E-state index contributed by atoms with van der Waals surface area (Å²) in [7, 11) is 2.20. The van der Waals surface area contributed by atoms with E-state index in [0.717, 1.165) is 55.3 Å². The molecule has 3 aromatic rings. The number of hydrogen-bond acceptors (Lipinski definition) is 5. The molecule has 1 N–H and O–H groups in total. The van der Waals surface area contributed by atoms with Crippen LogP contribution >= 0.6 is 11.3 Å². The fraction of sp³-hybridized carbons (Fsp3) is 0.385. The van der Waals surface area contributed by atoms with Crippen molar-refractivity contribution in [1.29, 1.82) is 0 Å². The van der Waals surface area contributed by atoms with E-state index in [4.69, 9.17) is 0 Å². The number of carbonyl (C=O) groups is 1. The Morgan fingerprint density at radius 1 is 1.19 bits per heavy atom. The van der Waals surface area contributed by atoms with Crippen molar-refractivity contribution in [1.82, 2.24) is 15.2 Å². The van der Waals surface area contributed by atoms with Crippen molar-refractivity contribution in [2.75, 3.05) is 38.1 Å². The van der Waals surface area contributed by atoms with Gasteiger partial charge in [0, 0.05) is 41.7 Å². The number of carbonyl (C=O) groups excluding carboxylic acids is 1. The number of benzene rings is 2. The maximum Gasteiger partial charge on any atom is 0.251 e. The Labute approximate surface area is 194 Å². The van der Waals surface area contributed by atoms with Crippen LogP contribution in [-0.4, -0.2) is 49.0 Å². The monoisotopic (exact) mass is 446 g/mol. The van der Waals surface area contributed by atoms with Crippen molar-refractivity contribution in [2.45, 2.75) is 31.7 Å². The predicted octanol–water partition coefficient (Wildman–Crippen LogP) is 4.02. The van der Waals surface area contributed by atoms with Gasteiger partial charge in [-0.1, -0.05) is 30.3 Å². The van der Waals surface area contributed by atoms with E-state index in [1.54, 1.807) is 11.3 Å². The Balaban J connectivity index is 1.35. The third-order valence-electron chi connectivity index (χ3n) is 6.77. The van der Waals surface area contributed by atoms with Gasteiger partial charge in [-0.15, -0.1) is 11.3 Å². The number of likely N-dealkylation sites (N-methyl/N-ethyl adjacent to an activating group) is 1. The van der Waals surface area contributed by atoms with Crippen LogP contribution in [-0.2, 0) is 18.4 Å². The van der Waals surface area contributed by atoms with Crippen LogP contribution in [0.15, 0.2) is 53.9 Å². The molecule has 2 aliphatic rings. The maximum absolute atomic E-state index is 12.9. The maximum atomic E-state index is 12.9. The van der Waals surface area contributed by atoms with Crippen LogP contribution in [0.1, 0.15) is 38.6 Å². The molecule has 6 heteroatoms. The van der Waals surface area contributed by atoms with E-state index in [1.807, 2.05) is 24.3 Å². The van der Waals surface area contributed by atoms with E-state index in [1.165, 1.54) is 16.8 Å². The molecule has 1 fully saturated rings. The molecule has 1 atom stereocenters. The zero-order valence-corrected chi connectivity index (χ0v) is 19.6. The van der Waals surface area contributed by atoms with Crippen molar-refractivity contribution in [3.8, 4) is 0 Å². The molecule has 1 spiro atoms. The van der Waals surface area contributed by atoms with Crippen LogP contribution in [0.2, 0.25) is 0 Å². The summed E-state index contributed by atoms with van der Waals surface area (Å²) in [5.41, 5.74) is 5.80. The molecular weight excluding hydrogens is 416 g/mol. The first kappa shape index (κ1) is 21.2. The van der Waals surface area contributed by atoms with Gasteiger partial charge in [0.15, 0.2) is 0 Å². The Morgan fingerprint density at radius 3 is 2.75 bits per heavy atom. The number of likely N-dealkylation sites (tertiary alicyclic amines) is 1. The number of hydrogen-bond donors (Lipinski definition) is 1. The molecule has 2 aromatic carbocycles. The van der Waals surface area contributed by atoms with Gasteiger partial charge in [-0.3, -0.25) is 4.79 Å². The van der Waals surface area contributed by atoms with Crippen molar-refractivity contribution >= 4 is 22.9 Å².